The summed E-state index contributed by atoms with van der Waals surface area (Å²) in [6.07, 6.45) is 0.836. The van der Waals surface area contributed by atoms with E-state index in [4.69, 9.17) is 4.74 Å². The second-order valence-corrected chi connectivity index (χ2v) is 6.84. The van der Waals surface area contributed by atoms with E-state index in [1.54, 1.807) is 13.2 Å². The largest absolute Gasteiger partial charge is 0.495 e. The summed E-state index contributed by atoms with van der Waals surface area (Å²) in [5, 5.41) is 13.4. The van der Waals surface area contributed by atoms with Gasteiger partial charge in [0.05, 0.1) is 12.8 Å². The summed E-state index contributed by atoms with van der Waals surface area (Å²) in [6.45, 7) is 5.77. The predicted molar refractivity (Wildman–Crippen MR) is 101 cm³/mol. The molecule has 8 heteroatoms. The normalized spacial score (nSPS) is 19.0. The molecule has 2 N–H and O–H groups in total. The average Bonchev–Trinajstić information content (AvgIpc) is 2.92. The van der Waals surface area contributed by atoms with Crippen molar-refractivity contribution in [3.8, 4) is 5.75 Å². The molecule has 1 unspecified atom stereocenters. The maximum atomic E-state index is 12.3. The summed E-state index contributed by atoms with van der Waals surface area (Å²) in [5.41, 5.74) is 2.46. The molecular formula is C17H22N4O3S. The Labute approximate surface area is 151 Å². The van der Waals surface area contributed by atoms with Crippen LogP contribution in [-0.4, -0.2) is 35.1 Å². The molecule has 0 aromatic heterocycles. The Morgan fingerprint density at radius 2 is 2.20 bits per heavy atom. The van der Waals surface area contributed by atoms with Crippen molar-refractivity contribution in [1.82, 2.24) is 5.32 Å². The molecule has 1 aliphatic heterocycles. The molecule has 1 atom stereocenters. The number of amides is 2. The first-order valence-corrected chi connectivity index (χ1v) is 8.84. The van der Waals surface area contributed by atoms with Gasteiger partial charge >= 0.3 is 0 Å². The van der Waals surface area contributed by atoms with Crippen LogP contribution in [0.4, 0.5) is 5.69 Å². The van der Waals surface area contributed by atoms with E-state index in [0.717, 1.165) is 17.7 Å². The molecule has 1 saturated heterocycles. The Balaban J connectivity index is 1.99. The quantitative estimate of drug-likeness (QED) is 0.601. The fraction of sp³-hybridized carbons (Fsp3) is 0.412. The summed E-state index contributed by atoms with van der Waals surface area (Å²) in [7, 11) is 1.54. The lowest BCUT2D eigenvalue weighted by atomic mass is 10.2. The molecule has 0 saturated carbocycles. The number of hydrogen-bond donors (Lipinski definition) is 2. The van der Waals surface area contributed by atoms with Crippen LogP contribution in [0.25, 0.3) is 0 Å². The first-order valence-electron chi connectivity index (χ1n) is 7.96. The van der Waals surface area contributed by atoms with Crippen LogP contribution in [0.15, 0.2) is 28.4 Å². The fourth-order valence-electron chi connectivity index (χ4n) is 2.08. The lowest BCUT2D eigenvalue weighted by Crippen LogP contribution is -2.28. The number of benzene rings is 1. The number of methoxy groups -OCH3 is 1. The first-order chi connectivity index (χ1) is 11.9. The van der Waals surface area contributed by atoms with Crippen molar-refractivity contribution in [3.63, 3.8) is 0 Å². The number of carbonyl (C=O) groups is 2. The minimum absolute atomic E-state index is 0.0447. The van der Waals surface area contributed by atoms with Crippen molar-refractivity contribution >= 4 is 40.1 Å². The third-order valence-corrected chi connectivity index (χ3v) is 4.67. The number of aryl methyl sites for hydroxylation is 1. The molecule has 7 nitrogen and oxygen atoms in total. The maximum absolute atomic E-state index is 12.3. The molecule has 1 aromatic carbocycles. The molecule has 1 fully saturated rings. The lowest BCUT2D eigenvalue weighted by molar-refractivity contribution is -0.122. The highest BCUT2D eigenvalue weighted by Gasteiger charge is 2.32. The molecule has 134 valence electrons. The minimum atomic E-state index is -0.522. The molecule has 0 spiro atoms. The number of rotatable bonds is 6. The molecule has 0 bridgehead atoms. The third kappa shape index (κ3) is 5.32. The predicted octanol–water partition coefficient (Wildman–Crippen LogP) is 2.71. The lowest BCUT2D eigenvalue weighted by Gasteiger charge is -2.12. The number of amidine groups is 1. The molecule has 2 rings (SSSR count). The Morgan fingerprint density at radius 1 is 1.44 bits per heavy atom. The van der Waals surface area contributed by atoms with Crippen LogP contribution in [0, 0.1) is 6.92 Å². The molecular weight excluding hydrogens is 340 g/mol. The standard InChI is InChI=1S/C17H22N4O3S/c1-5-11(3)20-21-17-19-16(23)14(25-17)9-15(22)18-12-8-10(2)6-7-13(12)24-4/h6-8,14H,5,9H2,1-4H3,(H,18,22)(H,19,21,23)/b20-11-. The monoisotopic (exact) mass is 362 g/mol. The van der Waals surface area contributed by atoms with Crippen LogP contribution in [-0.2, 0) is 9.59 Å². The van der Waals surface area contributed by atoms with Gasteiger partial charge in [0.25, 0.3) is 0 Å². The zero-order chi connectivity index (χ0) is 18.4. The van der Waals surface area contributed by atoms with Gasteiger partial charge in [-0.3, -0.25) is 9.59 Å². The number of nitrogens with one attached hydrogen (secondary N) is 2. The Hall–Kier alpha value is -2.35. The SMILES string of the molecule is CC/C(C)=N\N=C1/NC(=O)C(CC(=O)Nc2cc(C)ccc2OC)S1. The number of anilines is 1. The third-order valence-electron chi connectivity index (χ3n) is 3.60. The number of carbonyl (C=O) groups excluding carboxylic acids is 2. The van der Waals surface area contributed by atoms with Crippen molar-refractivity contribution < 1.29 is 14.3 Å². The topological polar surface area (TPSA) is 92.2 Å². The van der Waals surface area contributed by atoms with Gasteiger partial charge in [-0.05, 0) is 38.0 Å². The van der Waals surface area contributed by atoms with Crippen molar-refractivity contribution in [2.45, 2.75) is 38.9 Å². The summed E-state index contributed by atoms with van der Waals surface area (Å²) < 4.78 is 5.24. The second-order valence-electron chi connectivity index (χ2n) is 5.65. The van der Waals surface area contributed by atoms with E-state index in [1.165, 1.54) is 11.8 Å². The molecule has 0 radical (unpaired) electrons. The zero-order valence-electron chi connectivity index (χ0n) is 14.8. The smallest absolute Gasteiger partial charge is 0.240 e. The molecule has 1 heterocycles. The molecule has 1 aliphatic rings. The van der Waals surface area contributed by atoms with E-state index < -0.39 is 5.25 Å². The van der Waals surface area contributed by atoms with Crippen molar-refractivity contribution in [3.05, 3.63) is 23.8 Å². The average molecular weight is 362 g/mol. The van der Waals surface area contributed by atoms with Gasteiger partial charge in [0.15, 0.2) is 5.17 Å². The van der Waals surface area contributed by atoms with Gasteiger partial charge in [-0.15, -0.1) is 5.10 Å². The molecule has 1 aromatic rings. The van der Waals surface area contributed by atoms with E-state index >= 15 is 0 Å². The van der Waals surface area contributed by atoms with Gasteiger partial charge in [0.2, 0.25) is 11.8 Å². The Kier molecular flexibility index (Phi) is 6.58. The first kappa shape index (κ1) is 19.0. The van der Waals surface area contributed by atoms with Gasteiger partial charge in [-0.25, -0.2) is 0 Å². The fourth-order valence-corrected chi connectivity index (χ4v) is 2.99. The summed E-state index contributed by atoms with van der Waals surface area (Å²) >= 11 is 1.21. The number of nitrogens with zero attached hydrogens (tertiary/aromatic N) is 2. The van der Waals surface area contributed by atoms with Gasteiger partial charge in [0.1, 0.15) is 11.0 Å². The summed E-state index contributed by atoms with van der Waals surface area (Å²) in [4.78, 5) is 24.3. The van der Waals surface area contributed by atoms with Gasteiger partial charge in [0, 0.05) is 12.1 Å². The van der Waals surface area contributed by atoms with Crippen molar-refractivity contribution in [2.24, 2.45) is 10.2 Å². The van der Waals surface area contributed by atoms with Crippen LogP contribution in [0.2, 0.25) is 0 Å². The Bertz CT molecular complexity index is 731. The highest BCUT2D eigenvalue weighted by Crippen LogP contribution is 2.27. The van der Waals surface area contributed by atoms with Crippen LogP contribution in [0.5, 0.6) is 5.75 Å². The van der Waals surface area contributed by atoms with E-state index in [-0.39, 0.29) is 18.2 Å². The maximum Gasteiger partial charge on any atom is 0.240 e. The number of hydrogen-bond acceptors (Lipinski definition) is 6. The van der Waals surface area contributed by atoms with Crippen molar-refractivity contribution in [1.29, 1.82) is 0 Å². The minimum Gasteiger partial charge on any atom is -0.495 e. The van der Waals surface area contributed by atoms with Crippen molar-refractivity contribution in [2.75, 3.05) is 12.4 Å². The molecule has 0 aliphatic carbocycles. The van der Waals surface area contributed by atoms with E-state index in [1.807, 2.05) is 32.9 Å². The second kappa shape index (κ2) is 8.66. The van der Waals surface area contributed by atoms with Gasteiger partial charge in [-0.1, -0.05) is 24.8 Å². The van der Waals surface area contributed by atoms with Gasteiger partial charge in [-0.2, -0.15) is 5.10 Å². The van der Waals surface area contributed by atoms with Gasteiger partial charge < -0.3 is 15.4 Å². The summed E-state index contributed by atoms with van der Waals surface area (Å²) in [6, 6.07) is 5.52. The van der Waals surface area contributed by atoms with E-state index in [9.17, 15) is 9.59 Å². The van der Waals surface area contributed by atoms with Crippen LogP contribution < -0.4 is 15.4 Å². The highest BCUT2D eigenvalue weighted by atomic mass is 32.2. The number of ether oxygens (including phenoxy) is 1. The number of thioether (sulfide) groups is 1. The van der Waals surface area contributed by atoms with E-state index in [2.05, 4.69) is 20.8 Å². The molecule has 25 heavy (non-hydrogen) atoms. The van der Waals surface area contributed by atoms with Crippen LogP contribution in [0.3, 0.4) is 0 Å². The molecule has 2 amide bonds. The highest BCUT2D eigenvalue weighted by molar-refractivity contribution is 8.15. The van der Waals surface area contributed by atoms with E-state index in [0.29, 0.717) is 16.6 Å². The van der Waals surface area contributed by atoms with Crippen LogP contribution in [0.1, 0.15) is 32.3 Å². The van der Waals surface area contributed by atoms with Crippen LogP contribution >= 0.6 is 11.8 Å². The zero-order valence-corrected chi connectivity index (χ0v) is 15.6. The summed E-state index contributed by atoms with van der Waals surface area (Å²) in [5.74, 6) is 0.0830. The Morgan fingerprint density at radius 3 is 2.88 bits per heavy atom.